The van der Waals surface area contributed by atoms with E-state index in [1.165, 1.54) is 103 Å². The van der Waals surface area contributed by atoms with Crippen molar-refractivity contribution in [2.75, 3.05) is 47.5 Å². The number of esters is 2. The van der Waals surface area contributed by atoms with Crippen LogP contribution < -0.4 is 0 Å². The number of allylic oxidation sites excluding steroid dienone is 18. The molecule has 0 aliphatic carbocycles. The van der Waals surface area contributed by atoms with Gasteiger partial charge in [-0.3, -0.25) is 18.6 Å². The van der Waals surface area contributed by atoms with Crippen LogP contribution in [0.3, 0.4) is 0 Å². The van der Waals surface area contributed by atoms with E-state index in [1.54, 1.807) is 0 Å². The second kappa shape index (κ2) is 56.4. The van der Waals surface area contributed by atoms with Crippen molar-refractivity contribution in [1.82, 2.24) is 0 Å². The highest BCUT2D eigenvalue weighted by molar-refractivity contribution is 7.47. The lowest BCUT2D eigenvalue weighted by Crippen LogP contribution is -2.37. The van der Waals surface area contributed by atoms with Crippen molar-refractivity contribution in [2.45, 2.75) is 251 Å². The molecule has 0 bridgehead atoms. The second-order valence-electron chi connectivity index (χ2n) is 21.4. The van der Waals surface area contributed by atoms with Crippen LogP contribution in [0.4, 0.5) is 0 Å². The van der Waals surface area contributed by atoms with Crippen LogP contribution in [0.2, 0.25) is 0 Å². The Bertz CT molecular complexity index is 1650. The molecule has 76 heavy (non-hydrogen) atoms. The molecular formula is C66H115NO8P+. The Labute approximate surface area is 467 Å². The highest BCUT2D eigenvalue weighted by atomic mass is 31.2. The molecule has 10 heteroatoms. The highest BCUT2D eigenvalue weighted by Crippen LogP contribution is 2.43. The molecule has 436 valence electrons. The van der Waals surface area contributed by atoms with E-state index in [-0.39, 0.29) is 32.0 Å². The molecule has 0 aliphatic rings. The number of phosphoric ester groups is 1. The number of likely N-dealkylation sites (N-methyl/N-ethyl adjacent to an activating group) is 1. The standard InChI is InChI=1S/C66H114NO8P/c1-6-8-10-12-14-16-18-20-22-24-26-28-30-32-33-35-36-38-40-42-44-46-48-50-52-54-56-58-65(68)72-62-64(63-74-76(70,71)73-61-60-67(3,4)5)75-66(69)59-57-55-53-51-49-47-45-43-41-39-37-34-31-29-27-25-23-21-19-17-15-13-11-9-7-2/h9,11,15,17-18,20-21,23-24,26-27,29-30,32,34,37,41,43,64H,6-8,10,12-14,16,19,22,25,28,31,33,35-36,38-40,42,44-63H2,1-5H3/p+1/b11-9-,17-15-,20-18-,23-21-,26-24-,29-27-,32-30-,37-34-,43-41-. The van der Waals surface area contributed by atoms with E-state index < -0.39 is 26.5 Å². The molecular weight excluding hydrogens is 966 g/mol. The maximum atomic E-state index is 12.8. The number of ether oxygens (including phenoxy) is 2. The van der Waals surface area contributed by atoms with Crippen molar-refractivity contribution in [2.24, 2.45) is 0 Å². The average molecular weight is 1080 g/mol. The fourth-order valence-electron chi connectivity index (χ4n) is 8.08. The molecule has 0 aromatic heterocycles. The van der Waals surface area contributed by atoms with E-state index in [2.05, 4.69) is 123 Å². The van der Waals surface area contributed by atoms with Gasteiger partial charge in [0.15, 0.2) is 6.10 Å². The summed E-state index contributed by atoms with van der Waals surface area (Å²) in [4.78, 5) is 35.8. The number of carbonyl (C=O) groups excluding carboxylic acids is 2. The van der Waals surface area contributed by atoms with Crippen LogP contribution in [-0.2, 0) is 32.7 Å². The summed E-state index contributed by atoms with van der Waals surface area (Å²) in [5.41, 5.74) is 0. The minimum atomic E-state index is -4.40. The Kier molecular flexibility index (Phi) is 53.9. The van der Waals surface area contributed by atoms with E-state index in [0.717, 1.165) is 109 Å². The second-order valence-corrected chi connectivity index (χ2v) is 22.8. The topological polar surface area (TPSA) is 108 Å². The third-order valence-corrected chi connectivity index (χ3v) is 13.8. The minimum Gasteiger partial charge on any atom is -0.462 e. The Balaban J connectivity index is 4.20. The van der Waals surface area contributed by atoms with Crippen LogP contribution in [0.5, 0.6) is 0 Å². The number of phosphoric acid groups is 1. The average Bonchev–Trinajstić information content (AvgIpc) is 3.38. The maximum Gasteiger partial charge on any atom is 0.472 e. The first-order valence-corrected chi connectivity index (χ1v) is 32.1. The third kappa shape index (κ3) is 59.9. The van der Waals surface area contributed by atoms with Crippen LogP contribution >= 0.6 is 7.82 Å². The van der Waals surface area contributed by atoms with Gasteiger partial charge in [-0.15, -0.1) is 0 Å². The van der Waals surface area contributed by atoms with Gasteiger partial charge in [-0.25, -0.2) is 4.57 Å². The molecule has 2 atom stereocenters. The molecule has 0 spiro atoms. The summed E-state index contributed by atoms with van der Waals surface area (Å²) in [6.45, 7) is 4.29. The minimum absolute atomic E-state index is 0.0226. The number of rotatable bonds is 55. The van der Waals surface area contributed by atoms with Crippen LogP contribution in [0, 0.1) is 0 Å². The van der Waals surface area contributed by atoms with Gasteiger partial charge in [-0.05, 0) is 103 Å². The van der Waals surface area contributed by atoms with Crippen molar-refractivity contribution in [3.63, 3.8) is 0 Å². The van der Waals surface area contributed by atoms with E-state index >= 15 is 0 Å². The monoisotopic (exact) mass is 1080 g/mol. The van der Waals surface area contributed by atoms with Gasteiger partial charge in [0.05, 0.1) is 27.7 Å². The molecule has 0 aromatic rings. The van der Waals surface area contributed by atoms with Gasteiger partial charge in [-0.1, -0.05) is 239 Å². The zero-order chi connectivity index (χ0) is 55.6. The van der Waals surface area contributed by atoms with Crippen molar-refractivity contribution in [3.8, 4) is 0 Å². The van der Waals surface area contributed by atoms with Gasteiger partial charge in [0.2, 0.25) is 0 Å². The molecule has 0 amide bonds. The van der Waals surface area contributed by atoms with Crippen LogP contribution in [-0.4, -0.2) is 74.9 Å². The van der Waals surface area contributed by atoms with E-state index in [9.17, 15) is 19.0 Å². The Morgan fingerprint density at radius 1 is 0.421 bits per heavy atom. The molecule has 0 aromatic carbocycles. The van der Waals surface area contributed by atoms with Gasteiger partial charge in [-0.2, -0.15) is 0 Å². The van der Waals surface area contributed by atoms with Gasteiger partial charge >= 0.3 is 19.8 Å². The van der Waals surface area contributed by atoms with Gasteiger partial charge in [0.1, 0.15) is 19.8 Å². The Morgan fingerprint density at radius 2 is 0.750 bits per heavy atom. The largest absolute Gasteiger partial charge is 0.472 e. The molecule has 2 unspecified atom stereocenters. The Hall–Kier alpha value is -3.33. The molecule has 0 heterocycles. The van der Waals surface area contributed by atoms with E-state index in [4.69, 9.17) is 18.5 Å². The summed E-state index contributed by atoms with van der Waals surface area (Å²) < 4.78 is 34.6. The first-order valence-electron chi connectivity index (χ1n) is 30.6. The van der Waals surface area contributed by atoms with Crippen LogP contribution in [0.15, 0.2) is 109 Å². The summed E-state index contributed by atoms with van der Waals surface area (Å²) in [5, 5.41) is 0. The lowest BCUT2D eigenvalue weighted by atomic mass is 10.0. The molecule has 0 fully saturated rings. The molecule has 1 N–H and O–H groups in total. The van der Waals surface area contributed by atoms with Crippen molar-refractivity contribution < 1.29 is 42.1 Å². The number of unbranched alkanes of at least 4 members (excludes halogenated alkanes) is 23. The SMILES string of the molecule is CC/C=C\C/C=C\C/C=C\C/C=C\C/C=C\C/C=C\CCCCCCCCC(=O)OC(COC(=O)CCCCCCCCCCCCCC/C=C\C/C=C\C/C=C\CCCCCCC)COP(=O)(O)OCC[N+](C)(C)C. The predicted octanol–water partition coefficient (Wildman–Crippen LogP) is 19.4. The molecule has 0 aliphatic heterocycles. The van der Waals surface area contributed by atoms with Gasteiger partial charge in [0, 0.05) is 12.8 Å². The summed E-state index contributed by atoms with van der Waals surface area (Å²) >= 11 is 0. The number of carbonyl (C=O) groups is 2. The number of quaternary nitrogens is 1. The first-order chi connectivity index (χ1) is 37.0. The zero-order valence-corrected chi connectivity index (χ0v) is 50.3. The lowest BCUT2D eigenvalue weighted by molar-refractivity contribution is -0.870. The highest BCUT2D eigenvalue weighted by Gasteiger charge is 2.27. The quantitative estimate of drug-likeness (QED) is 0.0211. The first kappa shape index (κ1) is 72.7. The zero-order valence-electron chi connectivity index (χ0n) is 49.5. The normalized spacial score (nSPS) is 14.0. The fourth-order valence-corrected chi connectivity index (χ4v) is 8.83. The fraction of sp³-hybridized carbons (Fsp3) is 0.697. The van der Waals surface area contributed by atoms with Crippen molar-refractivity contribution in [1.29, 1.82) is 0 Å². The summed E-state index contributed by atoms with van der Waals surface area (Å²) in [7, 11) is 1.45. The lowest BCUT2D eigenvalue weighted by Gasteiger charge is -2.24. The predicted molar refractivity (Wildman–Crippen MR) is 325 cm³/mol. The third-order valence-electron chi connectivity index (χ3n) is 12.8. The smallest absolute Gasteiger partial charge is 0.462 e. The molecule has 0 saturated heterocycles. The van der Waals surface area contributed by atoms with Gasteiger partial charge in [0.25, 0.3) is 0 Å². The molecule has 0 rings (SSSR count). The van der Waals surface area contributed by atoms with Crippen LogP contribution in [0.1, 0.15) is 245 Å². The number of hydrogen-bond acceptors (Lipinski definition) is 7. The number of nitrogens with zero attached hydrogens (tertiary/aromatic N) is 1. The number of hydrogen-bond donors (Lipinski definition) is 1. The summed E-state index contributed by atoms with van der Waals surface area (Å²) in [5.74, 6) is -0.820. The van der Waals surface area contributed by atoms with E-state index in [1.807, 2.05) is 21.1 Å². The Morgan fingerprint density at radius 3 is 1.12 bits per heavy atom. The summed E-state index contributed by atoms with van der Waals surface area (Å²) in [6, 6.07) is 0. The van der Waals surface area contributed by atoms with E-state index in [0.29, 0.717) is 17.4 Å². The van der Waals surface area contributed by atoms with Crippen molar-refractivity contribution >= 4 is 19.8 Å². The van der Waals surface area contributed by atoms with Gasteiger partial charge < -0.3 is 18.9 Å². The molecule has 9 nitrogen and oxygen atoms in total. The maximum absolute atomic E-state index is 12.8. The van der Waals surface area contributed by atoms with Crippen molar-refractivity contribution in [3.05, 3.63) is 109 Å². The van der Waals surface area contributed by atoms with Crippen LogP contribution in [0.25, 0.3) is 0 Å². The molecule has 0 radical (unpaired) electrons. The summed E-state index contributed by atoms with van der Waals surface area (Å²) in [6.07, 6.45) is 78.7. The molecule has 0 saturated carbocycles.